The molecule has 0 amide bonds. The lowest BCUT2D eigenvalue weighted by Crippen LogP contribution is -2.34. The minimum Gasteiger partial charge on any atom is -0.497 e. The fourth-order valence-electron chi connectivity index (χ4n) is 2.95. The standard InChI is InChI=1S/C15H23NO/c1-10-4-7-15(16)14(8-10)13-6-5-12(17-3)9-11(13)2/h5-6,9-10,14-15H,4,7-8,16H2,1-3H3. The summed E-state index contributed by atoms with van der Waals surface area (Å²) in [5, 5.41) is 0. The maximum atomic E-state index is 6.28. The largest absolute Gasteiger partial charge is 0.497 e. The molecule has 1 fully saturated rings. The van der Waals surface area contributed by atoms with E-state index in [-0.39, 0.29) is 0 Å². The fourth-order valence-corrected chi connectivity index (χ4v) is 2.95. The van der Waals surface area contributed by atoms with Crippen LogP contribution in [0.4, 0.5) is 0 Å². The summed E-state index contributed by atoms with van der Waals surface area (Å²) in [7, 11) is 1.71. The highest BCUT2D eigenvalue weighted by Gasteiger charge is 2.28. The molecule has 1 saturated carbocycles. The van der Waals surface area contributed by atoms with Crippen molar-refractivity contribution in [2.45, 2.75) is 45.1 Å². The van der Waals surface area contributed by atoms with Gasteiger partial charge in [0.05, 0.1) is 7.11 Å². The van der Waals surface area contributed by atoms with Crippen molar-refractivity contribution < 1.29 is 4.74 Å². The summed E-state index contributed by atoms with van der Waals surface area (Å²) in [5.74, 6) is 2.25. The third-order valence-electron chi connectivity index (χ3n) is 4.04. The van der Waals surface area contributed by atoms with Crippen LogP contribution in [-0.2, 0) is 0 Å². The second kappa shape index (κ2) is 5.09. The molecule has 1 aliphatic rings. The summed E-state index contributed by atoms with van der Waals surface area (Å²) in [6, 6.07) is 6.67. The van der Waals surface area contributed by atoms with Crippen molar-refractivity contribution in [3.05, 3.63) is 29.3 Å². The van der Waals surface area contributed by atoms with Gasteiger partial charge in [0.25, 0.3) is 0 Å². The van der Waals surface area contributed by atoms with Gasteiger partial charge < -0.3 is 10.5 Å². The highest BCUT2D eigenvalue weighted by atomic mass is 16.5. The van der Waals surface area contributed by atoms with Gasteiger partial charge in [0, 0.05) is 6.04 Å². The monoisotopic (exact) mass is 233 g/mol. The Hall–Kier alpha value is -1.02. The van der Waals surface area contributed by atoms with Crippen molar-refractivity contribution >= 4 is 0 Å². The molecule has 3 unspecified atom stereocenters. The Morgan fingerprint density at radius 3 is 2.71 bits per heavy atom. The number of methoxy groups -OCH3 is 1. The second-order valence-electron chi connectivity index (χ2n) is 5.41. The molecule has 2 heteroatoms. The van der Waals surface area contributed by atoms with E-state index in [4.69, 9.17) is 10.5 Å². The third kappa shape index (κ3) is 2.63. The first-order valence-electron chi connectivity index (χ1n) is 6.52. The van der Waals surface area contributed by atoms with Crippen molar-refractivity contribution in [3.63, 3.8) is 0 Å². The van der Waals surface area contributed by atoms with Crippen molar-refractivity contribution in [2.24, 2.45) is 11.7 Å². The maximum absolute atomic E-state index is 6.28. The quantitative estimate of drug-likeness (QED) is 0.851. The number of nitrogens with two attached hydrogens (primary N) is 1. The van der Waals surface area contributed by atoms with E-state index in [2.05, 4.69) is 26.0 Å². The Kier molecular flexibility index (Phi) is 3.72. The van der Waals surface area contributed by atoms with E-state index in [1.54, 1.807) is 7.11 Å². The first-order chi connectivity index (χ1) is 8.11. The molecule has 0 bridgehead atoms. The molecule has 0 radical (unpaired) electrons. The molecule has 17 heavy (non-hydrogen) atoms. The van der Waals surface area contributed by atoms with E-state index >= 15 is 0 Å². The van der Waals surface area contributed by atoms with Gasteiger partial charge in [0.1, 0.15) is 5.75 Å². The summed E-state index contributed by atoms with van der Waals surface area (Å²) in [6.07, 6.45) is 3.64. The SMILES string of the molecule is COc1ccc(C2CC(C)CCC2N)c(C)c1. The molecule has 0 saturated heterocycles. The normalized spacial score (nSPS) is 29.1. The van der Waals surface area contributed by atoms with E-state index in [1.807, 2.05) is 6.07 Å². The smallest absolute Gasteiger partial charge is 0.119 e. The van der Waals surface area contributed by atoms with Crippen LogP contribution < -0.4 is 10.5 Å². The third-order valence-corrected chi connectivity index (χ3v) is 4.04. The first-order valence-corrected chi connectivity index (χ1v) is 6.52. The number of benzene rings is 1. The van der Waals surface area contributed by atoms with Crippen LogP contribution in [0.25, 0.3) is 0 Å². The molecule has 0 heterocycles. The minimum atomic E-state index is 0.318. The van der Waals surface area contributed by atoms with Gasteiger partial charge in [-0.05, 0) is 61.3 Å². The van der Waals surface area contributed by atoms with Gasteiger partial charge in [-0.3, -0.25) is 0 Å². The second-order valence-corrected chi connectivity index (χ2v) is 5.41. The zero-order valence-corrected chi connectivity index (χ0v) is 11.1. The Labute approximate surface area is 104 Å². The molecule has 3 atom stereocenters. The van der Waals surface area contributed by atoms with Gasteiger partial charge in [0.2, 0.25) is 0 Å². The zero-order chi connectivity index (χ0) is 12.4. The summed E-state index contributed by atoms with van der Waals surface area (Å²) in [6.45, 7) is 4.49. The van der Waals surface area contributed by atoms with E-state index in [0.29, 0.717) is 12.0 Å². The molecule has 2 rings (SSSR count). The Morgan fingerprint density at radius 1 is 1.29 bits per heavy atom. The van der Waals surface area contributed by atoms with E-state index < -0.39 is 0 Å². The van der Waals surface area contributed by atoms with Gasteiger partial charge in [-0.2, -0.15) is 0 Å². The van der Waals surface area contributed by atoms with Crippen molar-refractivity contribution in [1.82, 2.24) is 0 Å². The topological polar surface area (TPSA) is 35.2 Å². The minimum absolute atomic E-state index is 0.318. The van der Waals surface area contributed by atoms with E-state index in [9.17, 15) is 0 Å². The van der Waals surface area contributed by atoms with Gasteiger partial charge in [-0.15, -0.1) is 0 Å². The van der Waals surface area contributed by atoms with Crippen LogP contribution >= 0.6 is 0 Å². The number of hydrogen-bond acceptors (Lipinski definition) is 2. The summed E-state index contributed by atoms with van der Waals surface area (Å²) in [5.41, 5.74) is 8.99. The fraction of sp³-hybridized carbons (Fsp3) is 0.600. The Morgan fingerprint density at radius 2 is 2.06 bits per heavy atom. The van der Waals surface area contributed by atoms with Crippen LogP contribution in [0.2, 0.25) is 0 Å². The van der Waals surface area contributed by atoms with Crippen molar-refractivity contribution in [3.8, 4) is 5.75 Å². The number of hydrogen-bond donors (Lipinski definition) is 1. The number of ether oxygens (including phenoxy) is 1. The molecule has 1 aromatic carbocycles. The van der Waals surface area contributed by atoms with Gasteiger partial charge in [0.15, 0.2) is 0 Å². The summed E-state index contributed by atoms with van der Waals surface area (Å²) < 4.78 is 5.25. The molecule has 2 N–H and O–H groups in total. The average Bonchev–Trinajstić information content (AvgIpc) is 2.32. The van der Waals surface area contributed by atoms with Gasteiger partial charge in [-0.25, -0.2) is 0 Å². The summed E-state index contributed by atoms with van der Waals surface area (Å²) >= 11 is 0. The molecular formula is C15H23NO. The molecule has 0 spiro atoms. The van der Waals surface area contributed by atoms with Gasteiger partial charge >= 0.3 is 0 Å². The molecule has 1 aromatic rings. The summed E-state index contributed by atoms with van der Waals surface area (Å²) in [4.78, 5) is 0. The Bertz CT molecular complexity index is 389. The molecule has 94 valence electrons. The van der Waals surface area contributed by atoms with Crippen LogP contribution in [0.1, 0.15) is 43.2 Å². The number of aryl methyl sites for hydroxylation is 1. The Balaban J connectivity index is 2.26. The predicted molar refractivity (Wildman–Crippen MR) is 71.5 cm³/mol. The first kappa shape index (κ1) is 12.4. The molecular weight excluding hydrogens is 210 g/mol. The molecule has 0 aromatic heterocycles. The van der Waals surface area contributed by atoms with Crippen molar-refractivity contribution in [2.75, 3.05) is 7.11 Å². The van der Waals surface area contributed by atoms with E-state index in [1.165, 1.54) is 24.0 Å². The molecule has 2 nitrogen and oxygen atoms in total. The van der Waals surface area contributed by atoms with Gasteiger partial charge in [-0.1, -0.05) is 13.0 Å². The lowest BCUT2D eigenvalue weighted by molar-refractivity contribution is 0.305. The van der Waals surface area contributed by atoms with E-state index in [0.717, 1.165) is 18.1 Å². The highest BCUT2D eigenvalue weighted by molar-refractivity contribution is 5.37. The molecule has 0 aliphatic heterocycles. The van der Waals surface area contributed by atoms with Crippen LogP contribution in [0, 0.1) is 12.8 Å². The maximum Gasteiger partial charge on any atom is 0.119 e. The lowest BCUT2D eigenvalue weighted by atomic mass is 9.75. The molecule has 1 aliphatic carbocycles. The van der Waals surface area contributed by atoms with Crippen LogP contribution in [0.3, 0.4) is 0 Å². The lowest BCUT2D eigenvalue weighted by Gasteiger charge is -2.33. The van der Waals surface area contributed by atoms with Crippen LogP contribution in [-0.4, -0.2) is 13.2 Å². The predicted octanol–water partition coefficient (Wildman–Crippen LogP) is 3.23. The average molecular weight is 233 g/mol. The van der Waals surface area contributed by atoms with Crippen LogP contribution in [0.5, 0.6) is 5.75 Å². The zero-order valence-electron chi connectivity index (χ0n) is 11.1. The number of rotatable bonds is 2. The highest BCUT2D eigenvalue weighted by Crippen LogP contribution is 2.37. The van der Waals surface area contributed by atoms with Crippen molar-refractivity contribution in [1.29, 1.82) is 0 Å². The van der Waals surface area contributed by atoms with Crippen LogP contribution in [0.15, 0.2) is 18.2 Å².